The molecule has 2 N–H and O–H groups in total. The molecular formula is C12H8ClFN2O2S. The van der Waals surface area contributed by atoms with E-state index >= 15 is 0 Å². The summed E-state index contributed by atoms with van der Waals surface area (Å²) in [7, 11) is 0. The van der Waals surface area contributed by atoms with Gasteiger partial charge in [0.2, 0.25) is 0 Å². The van der Waals surface area contributed by atoms with Crippen LogP contribution in [0.3, 0.4) is 0 Å². The molecule has 2 amide bonds. The van der Waals surface area contributed by atoms with Crippen molar-refractivity contribution in [1.82, 2.24) is 10.9 Å². The maximum Gasteiger partial charge on any atom is 0.279 e. The van der Waals surface area contributed by atoms with Crippen molar-refractivity contribution in [2.45, 2.75) is 0 Å². The highest BCUT2D eigenvalue weighted by Gasteiger charge is 2.12. The number of hydrogen-bond acceptors (Lipinski definition) is 3. The van der Waals surface area contributed by atoms with E-state index in [4.69, 9.17) is 11.6 Å². The Kier molecular flexibility index (Phi) is 4.13. The highest BCUT2D eigenvalue weighted by molar-refractivity contribution is 7.12. The predicted octanol–water partition coefficient (Wildman–Crippen LogP) is 2.62. The summed E-state index contributed by atoms with van der Waals surface area (Å²) in [5.74, 6) is -1.58. The van der Waals surface area contributed by atoms with E-state index in [1.165, 1.54) is 17.4 Å². The Labute approximate surface area is 117 Å². The SMILES string of the molecule is O=C(NNC(=O)c1ccc(F)cc1Cl)c1cccs1. The first-order valence-electron chi connectivity index (χ1n) is 5.17. The van der Waals surface area contributed by atoms with Crippen LogP contribution in [0, 0.1) is 5.82 Å². The summed E-state index contributed by atoms with van der Waals surface area (Å²) in [5, 5.41) is 1.72. The van der Waals surface area contributed by atoms with Gasteiger partial charge in [-0.3, -0.25) is 20.4 Å². The molecule has 2 rings (SSSR count). The van der Waals surface area contributed by atoms with Crippen molar-refractivity contribution in [3.63, 3.8) is 0 Å². The van der Waals surface area contributed by atoms with Gasteiger partial charge in [0.25, 0.3) is 11.8 Å². The number of nitrogens with one attached hydrogen (secondary N) is 2. The lowest BCUT2D eigenvalue weighted by atomic mass is 10.2. The number of carbonyl (C=O) groups is 2. The maximum atomic E-state index is 12.8. The number of halogens is 2. The summed E-state index contributed by atoms with van der Waals surface area (Å²) in [6.45, 7) is 0. The average Bonchev–Trinajstić information content (AvgIpc) is 2.89. The van der Waals surface area contributed by atoms with Gasteiger partial charge in [0.15, 0.2) is 0 Å². The first-order chi connectivity index (χ1) is 9.08. The molecule has 0 atom stereocenters. The molecule has 0 unspecified atom stereocenters. The van der Waals surface area contributed by atoms with Crippen molar-refractivity contribution >= 4 is 34.8 Å². The lowest BCUT2D eigenvalue weighted by molar-refractivity contribution is 0.0849. The van der Waals surface area contributed by atoms with Crippen molar-refractivity contribution in [2.75, 3.05) is 0 Å². The molecule has 0 radical (unpaired) electrons. The van der Waals surface area contributed by atoms with E-state index in [-0.39, 0.29) is 10.6 Å². The topological polar surface area (TPSA) is 58.2 Å². The fourth-order valence-corrected chi connectivity index (χ4v) is 2.20. The second-order valence-electron chi connectivity index (χ2n) is 3.51. The van der Waals surface area contributed by atoms with Gasteiger partial charge in [-0.15, -0.1) is 11.3 Å². The van der Waals surface area contributed by atoms with Crippen LogP contribution in [0.15, 0.2) is 35.7 Å². The number of hydrogen-bond donors (Lipinski definition) is 2. The summed E-state index contributed by atoms with van der Waals surface area (Å²) < 4.78 is 12.8. The van der Waals surface area contributed by atoms with Crippen molar-refractivity contribution < 1.29 is 14.0 Å². The molecule has 0 aliphatic rings. The standard InChI is InChI=1S/C12H8ClFN2O2S/c13-9-6-7(14)3-4-8(9)11(17)15-16-12(18)10-2-1-5-19-10/h1-6H,(H,15,17)(H,16,18). The first kappa shape index (κ1) is 13.5. The zero-order chi connectivity index (χ0) is 13.8. The molecule has 1 aromatic heterocycles. The number of benzene rings is 1. The minimum absolute atomic E-state index is 0.0251. The van der Waals surface area contributed by atoms with Crippen LogP contribution in [0.1, 0.15) is 20.0 Å². The van der Waals surface area contributed by atoms with Crippen LogP contribution in [0.2, 0.25) is 5.02 Å². The first-order valence-corrected chi connectivity index (χ1v) is 6.43. The zero-order valence-corrected chi connectivity index (χ0v) is 11.0. The van der Waals surface area contributed by atoms with E-state index in [1.807, 2.05) is 0 Å². The van der Waals surface area contributed by atoms with E-state index in [0.29, 0.717) is 4.88 Å². The predicted molar refractivity (Wildman–Crippen MR) is 70.7 cm³/mol. The van der Waals surface area contributed by atoms with Gasteiger partial charge in [0.05, 0.1) is 15.5 Å². The van der Waals surface area contributed by atoms with Gasteiger partial charge in [-0.2, -0.15) is 0 Å². The van der Waals surface area contributed by atoms with E-state index < -0.39 is 17.6 Å². The zero-order valence-electron chi connectivity index (χ0n) is 9.44. The minimum atomic E-state index is -0.616. The van der Waals surface area contributed by atoms with Gasteiger partial charge in [-0.25, -0.2) is 4.39 Å². The largest absolute Gasteiger partial charge is 0.279 e. The fraction of sp³-hybridized carbons (Fsp3) is 0. The third kappa shape index (κ3) is 3.30. The third-order valence-electron chi connectivity index (χ3n) is 2.21. The summed E-state index contributed by atoms with van der Waals surface area (Å²) in [5.41, 5.74) is 4.53. The van der Waals surface area contributed by atoms with Crippen molar-refractivity contribution in [3.05, 3.63) is 57.0 Å². The monoisotopic (exact) mass is 298 g/mol. The van der Waals surface area contributed by atoms with Crippen LogP contribution in [-0.2, 0) is 0 Å². The van der Waals surface area contributed by atoms with E-state index in [0.717, 1.165) is 12.1 Å². The number of carbonyl (C=O) groups excluding carboxylic acids is 2. The molecule has 0 aliphatic heterocycles. The molecular weight excluding hydrogens is 291 g/mol. The van der Waals surface area contributed by atoms with Gasteiger partial charge < -0.3 is 0 Å². The summed E-state index contributed by atoms with van der Waals surface area (Å²) in [4.78, 5) is 23.8. The van der Waals surface area contributed by atoms with Gasteiger partial charge in [0, 0.05) is 0 Å². The molecule has 1 aromatic carbocycles. The maximum absolute atomic E-state index is 12.8. The summed E-state index contributed by atoms with van der Waals surface area (Å²) >= 11 is 6.97. The van der Waals surface area contributed by atoms with Gasteiger partial charge in [-0.05, 0) is 29.6 Å². The molecule has 0 saturated heterocycles. The Balaban J connectivity index is 2.00. The number of thiophene rings is 1. The highest BCUT2D eigenvalue weighted by Crippen LogP contribution is 2.16. The van der Waals surface area contributed by atoms with Crippen molar-refractivity contribution in [3.8, 4) is 0 Å². The fourth-order valence-electron chi connectivity index (χ4n) is 1.32. The molecule has 0 saturated carbocycles. The molecule has 2 aromatic rings. The van der Waals surface area contributed by atoms with Crippen molar-refractivity contribution in [1.29, 1.82) is 0 Å². The van der Waals surface area contributed by atoms with Crippen LogP contribution in [0.4, 0.5) is 4.39 Å². The van der Waals surface area contributed by atoms with E-state index in [1.54, 1.807) is 17.5 Å². The molecule has 0 bridgehead atoms. The molecule has 7 heteroatoms. The average molecular weight is 299 g/mol. The second kappa shape index (κ2) is 5.81. The Morgan fingerprint density at radius 3 is 2.53 bits per heavy atom. The lowest BCUT2D eigenvalue weighted by Crippen LogP contribution is -2.41. The molecule has 0 fully saturated rings. The van der Waals surface area contributed by atoms with Crippen LogP contribution in [0.5, 0.6) is 0 Å². The molecule has 4 nitrogen and oxygen atoms in total. The van der Waals surface area contributed by atoms with Crippen LogP contribution in [-0.4, -0.2) is 11.8 Å². The summed E-state index contributed by atoms with van der Waals surface area (Å²) in [6.07, 6.45) is 0. The van der Waals surface area contributed by atoms with Crippen molar-refractivity contribution in [2.24, 2.45) is 0 Å². The Morgan fingerprint density at radius 2 is 1.89 bits per heavy atom. The Hall–Kier alpha value is -1.92. The van der Waals surface area contributed by atoms with Gasteiger partial charge >= 0.3 is 0 Å². The van der Waals surface area contributed by atoms with Crippen LogP contribution >= 0.6 is 22.9 Å². The smallest absolute Gasteiger partial charge is 0.267 e. The van der Waals surface area contributed by atoms with Crippen LogP contribution in [0.25, 0.3) is 0 Å². The highest BCUT2D eigenvalue weighted by atomic mass is 35.5. The normalized spacial score (nSPS) is 10.0. The molecule has 98 valence electrons. The number of hydrazine groups is 1. The van der Waals surface area contributed by atoms with Gasteiger partial charge in [0.1, 0.15) is 5.82 Å². The minimum Gasteiger partial charge on any atom is -0.267 e. The van der Waals surface area contributed by atoms with E-state index in [9.17, 15) is 14.0 Å². The van der Waals surface area contributed by atoms with Gasteiger partial charge in [-0.1, -0.05) is 17.7 Å². The second-order valence-corrected chi connectivity index (χ2v) is 4.86. The molecule has 0 spiro atoms. The Bertz CT molecular complexity index is 616. The summed E-state index contributed by atoms with van der Waals surface area (Å²) in [6, 6.07) is 6.72. The quantitative estimate of drug-likeness (QED) is 0.837. The van der Waals surface area contributed by atoms with Crippen LogP contribution < -0.4 is 10.9 Å². The number of amides is 2. The lowest BCUT2D eigenvalue weighted by Gasteiger charge is -2.07. The molecule has 1 heterocycles. The third-order valence-corrected chi connectivity index (χ3v) is 3.39. The Morgan fingerprint density at radius 1 is 1.16 bits per heavy atom. The van der Waals surface area contributed by atoms with E-state index in [2.05, 4.69) is 10.9 Å². The molecule has 0 aliphatic carbocycles. The number of rotatable bonds is 2. The molecule has 19 heavy (non-hydrogen) atoms.